The van der Waals surface area contributed by atoms with Crippen LogP contribution in [-0.4, -0.2) is 41.7 Å². The van der Waals surface area contributed by atoms with Gasteiger partial charge in [0.1, 0.15) is 6.07 Å². The van der Waals surface area contributed by atoms with Gasteiger partial charge in [0.25, 0.3) is 0 Å². The van der Waals surface area contributed by atoms with Crippen LogP contribution >= 0.6 is 0 Å². The van der Waals surface area contributed by atoms with Gasteiger partial charge in [0.15, 0.2) is 0 Å². The van der Waals surface area contributed by atoms with E-state index in [2.05, 4.69) is 16.3 Å². The Kier molecular flexibility index (Phi) is 5.73. The topological polar surface area (TPSA) is 76.4 Å². The summed E-state index contributed by atoms with van der Waals surface area (Å²) in [5, 5.41) is 20.8. The summed E-state index contributed by atoms with van der Waals surface area (Å²) in [4.78, 5) is 14.2. The van der Waals surface area contributed by atoms with E-state index in [1.165, 1.54) is 12.8 Å². The molecule has 1 aliphatic rings. The predicted molar refractivity (Wildman–Crippen MR) is 80.7 cm³/mol. The van der Waals surface area contributed by atoms with Crippen LogP contribution in [0.4, 0.5) is 5.69 Å². The summed E-state index contributed by atoms with van der Waals surface area (Å²) < 4.78 is 0. The minimum absolute atomic E-state index is 0.0718. The van der Waals surface area contributed by atoms with Crippen LogP contribution < -0.4 is 5.32 Å². The third kappa shape index (κ3) is 4.85. The van der Waals surface area contributed by atoms with Crippen molar-refractivity contribution in [3.05, 3.63) is 29.8 Å². The number of nitrogens with one attached hydrogen (secondary N) is 1. The first-order chi connectivity index (χ1) is 10.2. The fourth-order valence-corrected chi connectivity index (χ4v) is 2.39. The number of amides is 1. The number of hydrogen-bond acceptors (Lipinski definition) is 4. The van der Waals surface area contributed by atoms with E-state index in [0.29, 0.717) is 30.3 Å². The molecule has 5 nitrogen and oxygen atoms in total. The third-order valence-corrected chi connectivity index (χ3v) is 3.62. The molecule has 1 aromatic carbocycles. The predicted octanol–water partition coefficient (Wildman–Crippen LogP) is 1.73. The van der Waals surface area contributed by atoms with E-state index < -0.39 is 0 Å². The Labute approximate surface area is 125 Å². The maximum absolute atomic E-state index is 11.9. The summed E-state index contributed by atoms with van der Waals surface area (Å²) >= 11 is 0. The molecule has 5 heteroatoms. The van der Waals surface area contributed by atoms with Gasteiger partial charge in [-0.25, -0.2) is 0 Å². The quantitative estimate of drug-likeness (QED) is 0.763. The fraction of sp³-hybridized carbons (Fsp3) is 0.500. The van der Waals surface area contributed by atoms with Crippen molar-refractivity contribution in [1.29, 1.82) is 5.26 Å². The molecule has 0 aliphatic heterocycles. The van der Waals surface area contributed by atoms with Crippen LogP contribution in [-0.2, 0) is 4.79 Å². The summed E-state index contributed by atoms with van der Waals surface area (Å²) in [7, 11) is 0. The van der Waals surface area contributed by atoms with E-state index in [9.17, 15) is 4.79 Å². The number of anilines is 1. The van der Waals surface area contributed by atoms with Crippen LogP contribution in [0, 0.1) is 11.3 Å². The summed E-state index contributed by atoms with van der Waals surface area (Å²) in [6, 6.07) is 9.65. The van der Waals surface area contributed by atoms with Gasteiger partial charge in [0.2, 0.25) is 5.91 Å². The van der Waals surface area contributed by atoms with Crippen molar-refractivity contribution in [2.45, 2.75) is 31.7 Å². The zero-order valence-electron chi connectivity index (χ0n) is 12.1. The Morgan fingerprint density at radius 2 is 2.14 bits per heavy atom. The number of benzene rings is 1. The van der Waals surface area contributed by atoms with Crippen LogP contribution in [0.15, 0.2) is 24.3 Å². The van der Waals surface area contributed by atoms with Crippen LogP contribution in [0.1, 0.15) is 31.2 Å². The Morgan fingerprint density at radius 3 is 2.81 bits per heavy atom. The molecule has 0 unspecified atom stereocenters. The van der Waals surface area contributed by atoms with Crippen LogP contribution in [0.5, 0.6) is 0 Å². The van der Waals surface area contributed by atoms with Gasteiger partial charge < -0.3 is 10.4 Å². The van der Waals surface area contributed by atoms with Crippen LogP contribution in [0.25, 0.3) is 0 Å². The van der Waals surface area contributed by atoms with Crippen molar-refractivity contribution in [2.75, 3.05) is 25.0 Å². The highest BCUT2D eigenvalue weighted by atomic mass is 16.3. The molecule has 1 fully saturated rings. The second-order valence-electron chi connectivity index (χ2n) is 5.30. The average molecular weight is 287 g/mol. The zero-order valence-corrected chi connectivity index (χ0v) is 12.1. The molecule has 2 N–H and O–H groups in total. The molecule has 1 aromatic rings. The molecule has 21 heavy (non-hydrogen) atoms. The van der Waals surface area contributed by atoms with E-state index in [1.807, 2.05) is 0 Å². The first-order valence-electron chi connectivity index (χ1n) is 7.38. The number of carbonyl (C=O) groups is 1. The lowest BCUT2D eigenvalue weighted by molar-refractivity contribution is -0.116. The molecule has 2 rings (SSSR count). The first-order valence-corrected chi connectivity index (χ1v) is 7.38. The Hall–Kier alpha value is -1.90. The highest BCUT2D eigenvalue weighted by Gasteiger charge is 2.27. The molecule has 1 amide bonds. The molecule has 0 aromatic heterocycles. The van der Waals surface area contributed by atoms with Crippen molar-refractivity contribution in [2.24, 2.45) is 0 Å². The van der Waals surface area contributed by atoms with Crippen molar-refractivity contribution >= 4 is 11.6 Å². The van der Waals surface area contributed by atoms with E-state index in [4.69, 9.17) is 10.4 Å². The van der Waals surface area contributed by atoms with E-state index in [1.54, 1.807) is 24.3 Å². The van der Waals surface area contributed by atoms with Gasteiger partial charge in [-0.3, -0.25) is 9.69 Å². The largest absolute Gasteiger partial charge is 0.395 e. The minimum Gasteiger partial charge on any atom is -0.395 e. The number of para-hydroxylation sites is 1. The maximum Gasteiger partial charge on any atom is 0.224 e. The zero-order chi connectivity index (χ0) is 15.1. The molecule has 0 saturated heterocycles. The fourth-order valence-electron chi connectivity index (χ4n) is 2.39. The standard InChI is InChI=1S/C16H21N3O2/c17-12-13-4-1-2-5-15(13)18-16(21)6-3-9-19(10-11-20)14-7-8-14/h1-2,4-5,14,20H,3,6-11H2,(H,18,21). The summed E-state index contributed by atoms with van der Waals surface area (Å²) in [6.07, 6.45) is 3.58. The Balaban J connectivity index is 1.75. The van der Waals surface area contributed by atoms with Crippen molar-refractivity contribution in [1.82, 2.24) is 4.90 Å². The molecular weight excluding hydrogens is 266 g/mol. The van der Waals surface area contributed by atoms with Crippen molar-refractivity contribution < 1.29 is 9.90 Å². The minimum atomic E-state index is -0.0718. The van der Waals surface area contributed by atoms with Gasteiger partial charge in [-0.2, -0.15) is 5.26 Å². The molecular formula is C16H21N3O2. The number of aliphatic hydroxyl groups excluding tert-OH is 1. The molecule has 112 valence electrons. The van der Waals surface area contributed by atoms with Gasteiger partial charge in [-0.15, -0.1) is 0 Å². The van der Waals surface area contributed by atoms with Gasteiger partial charge in [0.05, 0.1) is 17.9 Å². The molecule has 0 atom stereocenters. The second kappa shape index (κ2) is 7.77. The normalized spacial score (nSPS) is 14.0. The smallest absolute Gasteiger partial charge is 0.224 e. The molecule has 1 aliphatic carbocycles. The van der Waals surface area contributed by atoms with Gasteiger partial charge >= 0.3 is 0 Å². The Bertz CT molecular complexity index is 520. The number of rotatable bonds is 8. The lowest BCUT2D eigenvalue weighted by atomic mass is 10.2. The second-order valence-corrected chi connectivity index (χ2v) is 5.30. The van der Waals surface area contributed by atoms with Gasteiger partial charge in [-0.1, -0.05) is 12.1 Å². The summed E-state index contributed by atoms with van der Waals surface area (Å²) in [5.41, 5.74) is 1.05. The highest BCUT2D eigenvalue weighted by molar-refractivity contribution is 5.92. The monoisotopic (exact) mass is 287 g/mol. The molecule has 0 bridgehead atoms. The molecule has 1 saturated carbocycles. The van der Waals surface area contributed by atoms with E-state index >= 15 is 0 Å². The van der Waals surface area contributed by atoms with Crippen molar-refractivity contribution in [3.63, 3.8) is 0 Å². The van der Waals surface area contributed by atoms with Crippen LogP contribution in [0.3, 0.4) is 0 Å². The lowest BCUT2D eigenvalue weighted by Crippen LogP contribution is -2.30. The Morgan fingerprint density at radius 1 is 1.38 bits per heavy atom. The van der Waals surface area contributed by atoms with Crippen molar-refractivity contribution in [3.8, 4) is 6.07 Å². The number of nitrogens with zero attached hydrogens (tertiary/aromatic N) is 2. The number of hydrogen-bond donors (Lipinski definition) is 2. The van der Waals surface area contributed by atoms with Crippen LogP contribution in [0.2, 0.25) is 0 Å². The lowest BCUT2D eigenvalue weighted by Gasteiger charge is -2.20. The average Bonchev–Trinajstić information content (AvgIpc) is 3.31. The number of aliphatic hydroxyl groups is 1. The SMILES string of the molecule is N#Cc1ccccc1NC(=O)CCCN(CCO)C1CC1. The van der Waals surface area contributed by atoms with Gasteiger partial charge in [-0.05, 0) is 37.9 Å². The maximum atomic E-state index is 11.9. The highest BCUT2D eigenvalue weighted by Crippen LogP contribution is 2.26. The molecule has 0 spiro atoms. The number of carbonyl (C=O) groups excluding carboxylic acids is 1. The van der Waals surface area contributed by atoms with Gasteiger partial charge in [0, 0.05) is 19.0 Å². The number of nitriles is 1. The third-order valence-electron chi connectivity index (χ3n) is 3.62. The summed E-state index contributed by atoms with van der Waals surface area (Å²) in [6.45, 7) is 1.68. The van der Waals surface area contributed by atoms with E-state index in [0.717, 1.165) is 13.0 Å². The summed E-state index contributed by atoms with van der Waals surface area (Å²) in [5.74, 6) is -0.0718. The molecule has 0 heterocycles. The van der Waals surface area contributed by atoms with E-state index in [-0.39, 0.29) is 12.5 Å². The molecule has 0 radical (unpaired) electrons. The first kappa shape index (κ1) is 15.5.